The van der Waals surface area contributed by atoms with Gasteiger partial charge in [-0.3, -0.25) is 0 Å². The Balaban J connectivity index is 2.15. The van der Waals surface area contributed by atoms with Crippen LogP contribution in [0.25, 0.3) is 0 Å². The number of likely N-dealkylation sites (tertiary alicyclic amines) is 1. The summed E-state index contributed by atoms with van der Waals surface area (Å²) in [6, 6.07) is 0. The molecule has 1 aliphatic rings. The lowest BCUT2D eigenvalue weighted by Crippen LogP contribution is -2.41. The third-order valence-corrected chi connectivity index (χ3v) is 5.54. The van der Waals surface area contributed by atoms with Gasteiger partial charge in [-0.1, -0.05) is 20.8 Å². The Labute approximate surface area is 127 Å². The van der Waals surface area contributed by atoms with Crippen LogP contribution in [0.1, 0.15) is 63.1 Å². The van der Waals surface area contributed by atoms with Crippen molar-refractivity contribution in [3.8, 4) is 0 Å². The molecule has 1 unspecified atom stereocenters. The molecule has 0 saturated carbocycles. The second-order valence-electron chi connectivity index (χ2n) is 6.26. The van der Waals surface area contributed by atoms with E-state index in [4.69, 9.17) is 4.98 Å². The number of nitrogens with zero attached hydrogens (tertiary/aromatic N) is 2. The monoisotopic (exact) mass is 295 g/mol. The van der Waals surface area contributed by atoms with Crippen LogP contribution in [-0.4, -0.2) is 36.6 Å². The number of nitrogens with one attached hydrogen (secondary N) is 1. The molecule has 0 amide bonds. The van der Waals surface area contributed by atoms with Gasteiger partial charge in [0.2, 0.25) is 0 Å². The molecule has 1 aliphatic heterocycles. The molecule has 114 valence electrons. The Morgan fingerprint density at radius 3 is 2.80 bits per heavy atom. The first-order valence-electron chi connectivity index (χ1n) is 7.98. The summed E-state index contributed by atoms with van der Waals surface area (Å²) in [5, 5.41) is 7.15. The molecule has 0 radical (unpaired) electrons. The second-order valence-corrected chi connectivity index (χ2v) is 7.12. The summed E-state index contributed by atoms with van der Waals surface area (Å²) in [5.41, 5.74) is 1.34. The van der Waals surface area contributed by atoms with Crippen molar-refractivity contribution in [3.05, 3.63) is 16.1 Å². The van der Waals surface area contributed by atoms with Crippen molar-refractivity contribution in [2.75, 3.05) is 26.7 Å². The van der Waals surface area contributed by atoms with Crippen molar-refractivity contribution in [3.63, 3.8) is 0 Å². The SMILES string of the molecule is CCCN1CCCC(NC)(c2nc(C(C)C)cs2)CC1. The smallest absolute Gasteiger partial charge is 0.113 e. The van der Waals surface area contributed by atoms with E-state index in [1.807, 2.05) is 11.3 Å². The number of thiazole rings is 1. The minimum absolute atomic E-state index is 0.0975. The fourth-order valence-electron chi connectivity index (χ4n) is 3.07. The van der Waals surface area contributed by atoms with E-state index < -0.39 is 0 Å². The molecule has 1 fully saturated rings. The molecular formula is C16H29N3S. The predicted molar refractivity (Wildman–Crippen MR) is 87.5 cm³/mol. The molecule has 20 heavy (non-hydrogen) atoms. The number of rotatable bonds is 5. The maximum absolute atomic E-state index is 4.93. The van der Waals surface area contributed by atoms with Crippen molar-refractivity contribution in [1.82, 2.24) is 15.2 Å². The predicted octanol–water partition coefficient (Wildman–Crippen LogP) is 3.58. The summed E-state index contributed by atoms with van der Waals surface area (Å²) >= 11 is 1.84. The van der Waals surface area contributed by atoms with Crippen LogP contribution in [-0.2, 0) is 5.54 Å². The standard InChI is InChI=1S/C16H29N3S/c1-5-9-19-10-6-7-16(17-4,8-11-19)15-18-14(12-20-15)13(2)3/h12-13,17H,5-11H2,1-4H3. The van der Waals surface area contributed by atoms with Crippen LogP contribution < -0.4 is 5.32 Å². The third kappa shape index (κ3) is 3.41. The van der Waals surface area contributed by atoms with Gasteiger partial charge in [-0.15, -0.1) is 11.3 Å². The second kappa shape index (κ2) is 7.01. The third-order valence-electron chi connectivity index (χ3n) is 4.47. The van der Waals surface area contributed by atoms with Crippen LogP contribution in [0.15, 0.2) is 5.38 Å². The molecule has 1 atom stereocenters. The number of hydrogen-bond donors (Lipinski definition) is 1. The van der Waals surface area contributed by atoms with Crippen LogP contribution in [0.3, 0.4) is 0 Å². The van der Waals surface area contributed by atoms with Gasteiger partial charge in [-0.05, 0) is 51.7 Å². The molecule has 1 aromatic rings. The average molecular weight is 295 g/mol. The lowest BCUT2D eigenvalue weighted by Gasteiger charge is -2.30. The summed E-state index contributed by atoms with van der Waals surface area (Å²) in [6.45, 7) is 10.4. The van der Waals surface area contributed by atoms with E-state index in [0.29, 0.717) is 5.92 Å². The summed E-state index contributed by atoms with van der Waals surface area (Å²) in [6.07, 6.45) is 4.89. The van der Waals surface area contributed by atoms with Gasteiger partial charge in [-0.25, -0.2) is 4.98 Å². The molecule has 0 aliphatic carbocycles. The summed E-state index contributed by atoms with van der Waals surface area (Å²) in [7, 11) is 2.10. The van der Waals surface area contributed by atoms with E-state index in [1.54, 1.807) is 0 Å². The first-order valence-corrected chi connectivity index (χ1v) is 8.86. The molecule has 0 spiro atoms. The largest absolute Gasteiger partial charge is 0.308 e. The summed E-state index contributed by atoms with van der Waals surface area (Å²) < 4.78 is 0. The highest BCUT2D eigenvalue weighted by Gasteiger charge is 2.35. The van der Waals surface area contributed by atoms with Crippen molar-refractivity contribution < 1.29 is 0 Å². The van der Waals surface area contributed by atoms with Gasteiger partial charge in [0.05, 0.1) is 11.2 Å². The summed E-state index contributed by atoms with van der Waals surface area (Å²) in [4.78, 5) is 7.53. The van der Waals surface area contributed by atoms with Gasteiger partial charge in [0.15, 0.2) is 0 Å². The van der Waals surface area contributed by atoms with Gasteiger partial charge in [0, 0.05) is 11.9 Å². The molecule has 2 heterocycles. The Bertz CT molecular complexity index is 416. The zero-order valence-corrected chi connectivity index (χ0v) is 14.2. The Kier molecular flexibility index (Phi) is 5.58. The molecule has 0 aromatic carbocycles. The van der Waals surface area contributed by atoms with Crippen LogP contribution in [0.4, 0.5) is 0 Å². The summed E-state index contributed by atoms with van der Waals surface area (Å²) in [5.74, 6) is 0.524. The lowest BCUT2D eigenvalue weighted by atomic mass is 9.91. The van der Waals surface area contributed by atoms with Crippen molar-refractivity contribution in [2.45, 2.75) is 57.9 Å². The van der Waals surface area contributed by atoms with Gasteiger partial charge in [-0.2, -0.15) is 0 Å². The fraction of sp³-hybridized carbons (Fsp3) is 0.812. The Morgan fingerprint density at radius 2 is 2.20 bits per heavy atom. The average Bonchev–Trinajstić information content (AvgIpc) is 2.84. The van der Waals surface area contributed by atoms with Gasteiger partial charge >= 0.3 is 0 Å². The zero-order chi connectivity index (χ0) is 14.6. The zero-order valence-electron chi connectivity index (χ0n) is 13.4. The number of aromatic nitrogens is 1. The first-order chi connectivity index (χ1) is 9.61. The first kappa shape index (κ1) is 15.9. The highest BCUT2D eigenvalue weighted by atomic mass is 32.1. The molecule has 1 saturated heterocycles. The molecule has 3 nitrogen and oxygen atoms in total. The van der Waals surface area contributed by atoms with E-state index in [9.17, 15) is 0 Å². The van der Waals surface area contributed by atoms with Crippen LogP contribution in [0, 0.1) is 0 Å². The molecular weight excluding hydrogens is 266 g/mol. The van der Waals surface area contributed by atoms with Crippen molar-refractivity contribution in [1.29, 1.82) is 0 Å². The number of hydrogen-bond acceptors (Lipinski definition) is 4. The van der Waals surface area contributed by atoms with Crippen molar-refractivity contribution in [2.24, 2.45) is 0 Å². The van der Waals surface area contributed by atoms with E-state index in [0.717, 1.165) is 0 Å². The maximum atomic E-state index is 4.93. The topological polar surface area (TPSA) is 28.2 Å². The normalized spacial score (nSPS) is 25.1. The Hall–Kier alpha value is -0.450. The lowest BCUT2D eigenvalue weighted by molar-refractivity contribution is 0.264. The highest BCUT2D eigenvalue weighted by Crippen LogP contribution is 2.35. The van der Waals surface area contributed by atoms with E-state index in [1.165, 1.54) is 56.0 Å². The molecule has 4 heteroatoms. The molecule has 1 N–H and O–H groups in total. The van der Waals surface area contributed by atoms with Crippen molar-refractivity contribution >= 4 is 11.3 Å². The van der Waals surface area contributed by atoms with E-state index >= 15 is 0 Å². The fourth-order valence-corrected chi connectivity index (χ4v) is 4.32. The van der Waals surface area contributed by atoms with Crippen LogP contribution in [0.5, 0.6) is 0 Å². The van der Waals surface area contributed by atoms with E-state index in [2.05, 4.69) is 43.4 Å². The molecule has 2 rings (SSSR count). The molecule has 1 aromatic heterocycles. The van der Waals surface area contributed by atoms with E-state index in [-0.39, 0.29) is 5.54 Å². The highest BCUT2D eigenvalue weighted by molar-refractivity contribution is 7.09. The minimum atomic E-state index is 0.0975. The minimum Gasteiger partial charge on any atom is -0.308 e. The Morgan fingerprint density at radius 1 is 1.40 bits per heavy atom. The van der Waals surface area contributed by atoms with Gasteiger partial charge < -0.3 is 10.2 Å². The van der Waals surface area contributed by atoms with Gasteiger partial charge in [0.1, 0.15) is 5.01 Å². The van der Waals surface area contributed by atoms with Crippen LogP contribution in [0.2, 0.25) is 0 Å². The maximum Gasteiger partial charge on any atom is 0.113 e. The quantitative estimate of drug-likeness (QED) is 0.900. The molecule has 0 bridgehead atoms. The van der Waals surface area contributed by atoms with Gasteiger partial charge in [0.25, 0.3) is 0 Å². The van der Waals surface area contributed by atoms with Crippen LogP contribution >= 0.6 is 11.3 Å².